The van der Waals surface area contributed by atoms with E-state index in [-0.39, 0.29) is 24.0 Å². The second kappa shape index (κ2) is 7.28. The van der Waals surface area contributed by atoms with Gasteiger partial charge >= 0.3 is 0 Å². The van der Waals surface area contributed by atoms with Crippen LogP contribution in [0.5, 0.6) is 0 Å². The number of aliphatic hydroxyl groups is 1. The summed E-state index contributed by atoms with van der Waals surface area (Å²) in [6.45, 7) is 2.65. The molecule has 1 aliphatic rings. The maximum Gasteiger partial charge on any atom is 0.241 e. The molecule has 1 saturated carbocycles. The van der Waals surface area contributed by atoms with Gasteiger partial charge in [-0.3, -0.25) is 14.7 Å². The summed E-state index contributed by atoms with van der Waals surface area (Å²) in [6, 6.07) is 9.30. The topological polar surface area (TPSA) is 65.5 Å². The first kappa shape index (κ1) is 16.9. The predicted octanol–water partition coefficient (Wildman–Crippen LogP) is 2.65. The van der Waals surface area contributed by atoms with Crippen molar-refractivity contribution in [3.8, 4) is 0 Å². The Bertz CT molecular complexity index is 713. The lowest BCUT2D eigenvalue weighted by molar-refractivity contribution is -0.120. The molecule has 24 heavy (non-hydrogen) atoms. The van der Waals surface area contributed by atoms with Crippen molar-refractivity contribution in [2.45, 2.75) is 38.3 Å². The molecule has 0 radical (unpaired) electrons. The quantitative estimate of drug-likeness (QED) is 0.886. The monoisotopic (exact) mass is 327 g/mol. The van der Waals surface area contributed by atoms with Crippen molar-refractivity contribution < 1.29 is 9.90 Å². The molecule has 0 spiro atoms. The van der Waals surface area contributed by atoms with E-state index in [0.29, 0.717) is 0 Å². The van der Waals surface area contributed by atoms with Gasteiger partial charge < -0.3 is 10.4 Å². The van der Waals surface area contributed by atoms with Gasteiger partial charge in [-0.1, -0.05) is 12.5 Å². The molecule has 5 heteroatoms. The van der Waals surface area contributed by atoms with Crippen molar-refractivity contribution in [2.24, 2.45) is 5.92 Å². The SMILES string of the molecule is CC(C(=O)Nc1cccc2ncccc12)N(C)CC1CCCC1O. The Morgan fingerprint density at radius 1 is 1.38 bits per heavy atom. The molecule has 0 aliphatic heterocycles. The summed E-state index contributed by atoms with van der Waals surface area (Å²) >= 11 is 0. The zero-order valence-electron chi connectivity index (χ0n) is 14.3. The third-order valence-corrected chi connectivity index (χ3v) is 5.09. The Hall–Kier alpha value is -1.98. The molecule has 1 aromatic carbocycles. The highest BCUT2D eigenvalue weighted by Gasteiger charge is 2.29. The number of pyridine rings is 1. The molecule has 3 rings (SSSR count). The van der Waals surface area contributed by atoms with Gasteiger partial charge in [0.05, 0.1) is 23.3 Å². The second-order valence-corrected chi connectivity index (χ2v) is 6.74. The van der Waals surface area contributed by atoms with Crippen LogP contribution in [0.2, 0.25) is 0 Å². The molecular formula is C19H25N3O2. The van der Waals surface area contributed by atoms with Crippen molar-refractivity contribution in [1.29, 1.82) is 0 Å². The van der Waals surface area contributed by atoms with Crippen LogP contribution in [0.1, 0.15) is 26.2 Å². The van der Waals surface area contributed by atoms with E-state index in [1.807, 2.05) is 49.2 Å². The molecule has 128 valence electrons. The standard InChI is InChI=1S/C19H25N3O2/c1-13(22(2)12-14-6-3-10-18(14)23)19(24)21-17-9-4-8-16-15(17)7-5-11-20-16/h4-5,7-9,11,13-14,18,23H,3,6,10,12H2,1-2H3,(H,21,24). The Morgan fingerprint density at radius 2 is 2.21 bits per heavy atom. The number of hydrogen-bond acceptors (Lipinski definition) is 4. The predicted molar refractivity (Wildman–Crippen MR) is 95.8 cm³/mol. The zero-order chi connectivity index (χ0) is 17.1. The van der Waals surface area contributed by atoms with E-state index in [4.69, 9.17) is 0 Å². The molecule has 5 nitrogen and oxygen atoms in total. The molecule has 0 saturated heterocycles. The van der Waals surface area contributed by atoms with Crippen molar-refractivity contribution in [3.05, 3.63) is 36.5 Å². The first-order chi connectivity index (χ1) is 11.6. The number of aromatic nitrogens is 1. The van der Waals surface area contributed by atoms with Crippen molar-refractivity contribution in [3.63, 3.8) is 0 Å². The largest absolute Gasteiger partial charge is 0.393 e. The lowest BCUT2D eigenvalue weighted by atomic mass is 10.0. The first-order valence-corrected chi connectivity index (χ1v) is 8.59. The normalized spacial score (nSPS) is 22.0. The maximum atomic E-state index is 12.6. The van der Waals surface area contributed by atoms with Crippen molar-refractivity contribution in [1.82, 2.24) is 9.88 Å². The van der Waals surface area contributed by atoms with E-state index in [9.17, 15) is 9.90 Å². The highest BCUT2D eigenvalue weighted by molar-refractivity contribution is 6.02. The summed E-state index contributed by atoms with van der Waals surface area (Å²) in [5, 5.41) is 13.9. The Kier molecular flexibility index (Phi) is 5.11. The van der Waals surface area contributed by atoms with Crippen LogP contribution >= 0.6 is 0 Å². The summed E-state index contributed by atoms with van der Waals surface area (Å²) in [5.74, 6) is 0.230. The number of amides is 1. The summed E-state index contributed by atoms with van der Waals surface area (Å²) in [7, 11) is 1.94. The van der Waals surface area contributed by atoms with Crippen LogP contribution in [0.25, 0.3) is 10.9 Å². The van der Waals surface area contributed by atoms with Crippen LogP contribution in [0, 0.1) is 5.92 Å². The first-order valence-electron chi connectivity index (χ1n) is 8.59. The van der Waals surface area contributed by atoms with Gasteiger partial charge in [0.25, 0.3) is 0 Å². The van der Waals surface area contributed by atoms with Gasteiger partial charge in [0.2, 0.25) is 5.91 Å². The molecule has 1 aliphatic carbocycles. The number of aliphatic hydroxyl groups excluding tert-OH is 1. The number of carbonyl (C=O) groups is 1. The van der Waals surface area contributed by atoms with E-state index in [1.54, 1.807) is 6.20 Å². The molecule has 1 heterocycles. The number of rotatable bonds is 5. The van der Waals surface area contributed by atoms with Gasteiger partial charge in [0.15, 0.2) is 0 Å². The fourth-order valence-corrected chi connectivity index (χ4v) is 3.41. The molecule has 3 atom stereocenters. The lowest BCUT2D eigenvalue weighted by Crippen LogP contribution is -2.43. The van der Waals surface area contributed by atoms with Crippen LogP contribution in [-0.2, 0) is 4.79 Å². The van der Waals surface area contributed by atoms with E-state index < -0.39 is 0 Å². The van der Waals surface area contributed by atoms with Gasteiger partial charge in [-0.05, 0) is 57.0 Å². The minimum absolute atomic E-state index is 0.0404. The van der Waals surface area contributed by atoms with E-state index in [1.165, 1.54) is 0 Å². The lowest BCUT2D eigenvalue weighted by Gasteiger charge is -2.28. The Balaban J connectivity index is 1.67. The van der Waals surface area contributed by atoms with E-state index in [2.05, 4.69) is 10.3 Å². The Labute approximate surface area is 142 Å². The van der Waals surface area contributed by atoms with Crippen LogP contribution < -0.4 is 5.32 Å². The second-order valence-electron chi connectivity index (χ2n) is 6.74. The van der Waals surface area contributed by atoms with Crippen LogP contribution in [0.4, 0.5) is 5.69 Å². The molecule has 2 N–H and O–H groups in total. The third kappa shape index (κ3) is 3.57. The molecule has 1 amide bonds. The van der Waals surface area contributed by atoms with E-state index >= 15 is 0 Å². The average Bonchev–Trinajstić information content (AvgIpc) is 2.99. The number of likely N-dealkylation sites (N-methyl/N-ethyl adjacent to an activating group) is 1. The highest BCUT2D eigenvalue weighted by Crippen LogP contribution is 2.27. The molecule has 0 bridgehead atoms. The molecule has 2 aromatic rings. The number of benzene rings is 1. The summed E-state index contributed by atoms with van der Waals surface area (Å²) in [5.41, 5.74) is 1.65. The van der Waals surface area contributed by atoms with Gasteiger partial charge in [-0.15, -0.1) is 0 Å². The average molecular weight is 327 g/mol. The van der Waals surface area contributed by atoms with Crippen LogP contribution in [0.3, 0.4) is 0 Å². The summed E-state index contributed by atoms with van der Waals surface area (Å²) in [4.78, 5) is 19.0. The zero-order valence-corrected chi connectivity index (χ0v) is 14.3. The van der Waals surface area contributed by atoms with Gasteiger partial charge in [-0.25, -0.2) is 0 Å². The molecule has 1 aromatic heterocycles. The Morgan fingerprint density at radius 3 is 2.96 bits per heavy atom. The molecular weight excluding hydrogens is 302 g/mol. The number of nitrogens with zero attached hydrogens (tertiary/aromatic N) is 2. The maximum absolute atomic E-state index is 12.6. The smallest absolute Gasteiger partial charge is 0.241 e. The fourth-order valence-electron chi connectivity index (χ4n) is 3.41. The van der Waals surface area contributed by atoms with Crippen LogP contribution in [0.15, 0.2) is 36.5 Å². The minimum Gasteiger partial charge on any atom is -0.393 e. The van der Waals surface area contributed by atoms with Gasteiger partial charge in [0.1, 0.15) is 0 Å². The number of hydrogen-bond donors (Lipinski definition) is 2. The molecule has 1 fully saturated rings. The van der Waals surface area contributed by atoms with E-state index in [0.717, 1.165) is 42.4 Å². The van der Waals surface area contributed by atoms with Gasteiger partial charge in [-0.2, -0.15) is 0 Å². The van der Waals surface area contributed by atoms with Gasteiger partial charge in [0, 0.05) is 18.1 Å². The number of nitrogens with one attached hydrogen (secondary N) is 1. The minimum atomic E-state index is -0.260. The van der Waals surface area contributed by atoms with Crippen LogP contribution in [-0.4, -0.2) is 46.6 Å². The van der Waals surface area contributed by atoms with Crippen molar-refractivity contribution in [2.75, 3.05) is 18.9 Å². The number of anilines is 1. The summed E-state index contributed by atoms with van der Waals surface area (Å²) < 4.78 is 0. The third-order valence-electron chi connectivity index (χ3n) is 5.09. The molecule has 3 unspecified atom stereocenters. The highest BCUT2D eigenvalue weighted by atomic mass is 16.3. The van der Waals surface area contributed by atoms with Crippen molar-refractivity contribution >= 4 is 22.5 Å². The number of fused-ring (bicyclic) bond motifs is 1. The summed E-state index contributed by atoms with van der Waals surface area (Å²) in [6.07, 6.45) is 4.50. The fraction of sp³-hybridized carbons (Fsp3) is 0.474. The number of carbonyl (C=O) groups excluding carboxylic acids is 1.